The van der Waals surface area contributed by atoms with Crippen molar-refractivity contribution in [3.8, 4) is 0 Å². The van der Waals surface area contributed by atoms with Crippen LogP contribution < -0.4 is 0 Å². The van der Waals surface area contributed by atoms with Crippen molar-refractivity contribution in [3.05, 3.63) is 11.6 Å². The van der Waals surface area contributed by atoms with E-state index in [-0.39, 0.29) is 30.0 Å². The van der Waals surface area contributed by atoms with E-state index in [2.05, 4.69) is 19.9 Å². The molecule has 3 rings (SSSR count). The summed E-state index contributed by atoms with van der Waals surface area (Å²) in [4.78, 5) is 11.4. The summed E-state index contributed by atoms with van der Waals surface area (Å²) >= 11 is 0. The number of ether oxygens (including phenoxy) is 1. The van der Waals surface area contributed by atoms with Crippen LogP contribution in [0.3, 0.4) is 0 Å². The summed E-state index contributed by atoms with van der Waals surface area (Å²) in [6, 6.07) is 0. The van der Waals surface area contributed by atoms with E-state index in [1.54, 1.807) is 0 Å². The number of fused-ring (bicyclic) bond motifs is 3. The van der Waals surface area contributed by atoms with E-state index in [9.17, 15) is 20.1 Å². The third-order valence-electron chi connectivity index (χ3n) is 8.35. The molecule has 3 aliphatic rings. The van der Waals surface area contributed by atoms with Crippen LogP contribution in [0.2, 0.25) is 0 Å². The highest BCUT2D eigenvalue weighted by Crippen LogP contribution is 2.63. The van der Waals surface area contributed by atoms with Crippen LogP contribution in [0.4, 0.5) is 0 Å². The Balaban J connectivity index is 1.89. The lowest BCUT2D eigenvalue weighted by Crippen LogP contribution is -2.55. The number of hydrogen-bond donors (Lipinski definition) is 3. The molecule has 0 aromatic carbocycles. The Morgan fingerprint density at radius 1 is 1.30 bits per heavy atom. The first-order chi connectivity index (χ1) is 12.6. The van der Waals surface area contributed by atoms with Gasteiger partial charge in [0.25, 0.3) is 0 Å². The van der Waals surface area contributed by atoms with E-state index in [4.69, 9.17) is 4.74 Å². The van der Waals surface area contributed by atoms with Gasteiger partial charge in [0.05, 0.1) is 18.8 Å². The lowest BCUT2D eigenvalue weighted by Gasteiger charge is -2.60. The average Bonchev–Trinajstić information content (AvgIpc) is 2.63. The fraction of sp³-hybridized carbons (Fsp3) is 0.864. The Kier molecular flexibility index (Phi) is 5.52. The molecule has 0 heterocycles. The van der Waals surface area contributed by atoms with Crippen LogP contribution in [0.15, 0.2) is 11.6 Å². The fourth-order valence-corrected chi connectivity index (χ4v) is 6.14. The van der Waals surface area contributed by atoms with E-state index < -0.39 is 17.6 Å². The van der Waals surface area contributed by atoms with Gasteiger partial charge in [-0.3, -0.25) is 4.79 Å². The maximum Gasteiger partial charge on any atom is 0.302 e. The minimum Gasteiger partial charge on any atom is -0.465 e. The molecule has 0 bridgehead atoms. The number of carbonyl (C=O) groups excluding carboxylic acids is 1. The highest BCUT2D eigenvalue weighted by atomic mass is 16.5. The minimum absolute atomic E-state index is 0.121. The number of hydrogen-bond acceptors (Lipinski definition) is 5. The third kappa shape index (κ3) is 3.36. The van der Waals surface area contributed by atoms with Crippen molar-refractivity contribution < 1.29 is 24.9 Å². The third-order valence-corrected chi connectivity index (χ3v) is 8.35. The second-order valence-corrected chi connectivity index (χ2v) is 10.00. The second-order valence-electron chi connectivity index (χ2n) is 10.00. The van der Waals surface area contributed by atoms with Crippen LogP contribution in [0.5, 0.6) is 0 Å². The zero-order valence-electron chi connectivity index (χ0n) is 17.2. The molecule has 0 unspecified atom stereocenters. The van der Waals surface area contributed by atoms with Crippen molar-refractivity contribution in [1.29, 1.82) is 0 Å². The number of aliphatic hydroxyl groups excluding tert-OH is 3. The molecule has 0 saturated heterocycles. The van der Waals surface area contributed by atoms with Gasteiger partial charge in [0.15, 0.2) is 0 Å². The molecule has 0 spiro atoms. The fourth-order valence-electron chi connectivity index (χ4n) is 6.14. The summed E-state index contributed by atoms with van der Waals surface area (Å²) in [7, 11) is 0. The molecule has 0 amide bonds. The lowest BCUT2D eigenvalue weighted by molar-refractivity contribution is -0.148. The van der Waals surface area contributed by atoms with Crippen molar-refractivity contribution in [2.75, 3.05) is 13.2 Å². The first-order valence-corrected chi connectivity index (χ1v) is 10.4. The first kappa shape index (κ1) is 20.8. The van der Waals surface area contributed by atoms with Gasteiger partial charge in [0.2, 0.25) is 0 Å². The highest BCUT2D eigenvalue weighted by molar-refractivity contribution is 5.66. The monoisotopic (exact) mass is 380 g/mol. The molecule has 3 N–H and O–H groups in total. The molecule has 0 aromatic heterocycles. The standard InChI is InChI=1S/C22H36O5/c1-14(24)27-13-22(4)17-6-5-15-11-20(2,19(26)12-23)9-10-21(15,3)16(17)7-8-18(22)25/h6,15-16,18-19,23,25-26H,5,7-13H2,1-4H3/t15-,16-,18-,19-,20-,21-,22-/m0/s1. The van der Waals surface area contributed by atoms with Crippen LogP contribution in [0.1, 0.15) is 66.2 Å². The molecule has 154 valence electrons. The van der Waals surface area contributed by atoms with Crippen LogP contribution in [-0.4, -0.2) is 46.7 Å². The van der Waals surface area contributed by atoms with E-state index in [1.807, 2.05) is 6.92 Å². The van der Waals surface area contributed by atoms with Crippen LogP contribution in [0.25, 0.3) is 0 Å². The summed E-state index contributed by atoms with van der Waals surface area (Å²) < 4.78 is 5.35. The number of rotatable bonds is 4. The number of aliphatic hydroxyl groups is 3. The highest BCUT2D eigenvalue weighted by Gasteiger charge is 2.57. The van der Waals surface area contributed by atoms with Gasteiger partial charge >= 0.3 is 5.97 Å². The zero-order valence-corrected chi connectivity index (χ0v) is 17.2. The van der Waals surface area contributed by atoms with Gasteiger partial charge in [-0.05, 0) is 61.2 Å². The van der Waals surface area contributed by atoms with Crippen molar-refractivity contribution in [2.24, 2.45) is 28.1 Å². The molecular weight excluding hydrogens is 344 g/mol. The van der Waals surface area contributed by atoms with Crippen LogP contribution >= 0.6 is 0 Å². The van der Waals surface area contributed by atoms with Crippen molar-refractivity contribution in [1.82, 2.24) is 0 Å². The SMILES string of the molecule is CC(=O)OC[C@@]1(C)C2=CC[C@H]3C[C@@](C)([C@@H](O)CO)CC[C@]3(C)[C@H]2CC[C@@H]1O. The maximum atomic E-state index is 11.4. The second kappa shape index (κ2) is 7.16. The Morgan fingerprint density at radius 3 is 2.63 bits per heavy atom. The summed E-state index contributed by atoms with van der Waals surface area (Å²) in [5.74, 6) is 0.521. The molecule has 2 saturated carbocycles. The molecule has 2 fully saturated rings. The van der Waals surface area contributed by atoms with Gasteiger partial charge in [-0.2, -0.15) is 0 Å². The lowest BCUT2D eigenvalue weighted by atomic mass is 9.46. The first-order valence-electron chi connectivity index (χ1n) is 10.4. The van der Waals surface area contributed by atoms with Gasteiger partial charge in [0, 0.05) is 12.3 Å². The Bertz CT molecular complexity index is 616. The van der Waals surface area contributed by atoms with Crippen LogP contribution in [-0.2, 0) is 9.53 Å². The van der Waals surface area contributed by atoms with Gasteiger partial charge in [-0.25, -0.2) is 0 Å². The number of esters is 1. The number of carbonyl (C=O) groups is 1. The van der Waals surface area contributed by atoms with Gasteiger partial charge < -0.3 is 20.1 Å². The largest absolute Gasteiger partial charge is 0.465 e. The Morgan fingerprint density at radius 2 is 2.00 bits per heavy atom. The van der Waals surface area contributed by atoms with Gasteiger partial charge in [-0.15, -0.1) is 0 Å². The summed E-state index contributed by atoms with van der Waals surface area (Å²) in [6.07, 6.45) is 6.52. The predicted octanol–water partition coefficient (Wildman–Crippen LogP) is 2.82. The van der Waals surface area contributed by atoms with Crippen LogP contribution in [0, 0.1) is 28.1 Å². The molecule has 27 heavy (non-hydrogen) atoms. The molecule has 5 nitrogen and oxygen atoms in total. The molecule has 0 aromatic rings. The number of allylic oxidation sites excluding steroid dienone is 1. The molecular formula is C22H36O5. The van der Waals surface area contributed by atoms with Crippen molar-refractivity contribution in [3.63, 3.8) is 0 Å². The molecule has 3 aliphatic carbocycles. The summed E-state index contributed by atoms with van der Waals surface area (Å²) in [5, 5.41) is 30.6. The predicted molar refractivity (Wildman–Crippen MR) is 103 cm³/mol. The molecule has 5 heteroatoms. The van der Waals surface area contributed by atoms with E-state index >= 15 is 0 Å². The van der Waals surface area contributed by atoms with Crippen molar-refractivity contribution >= 4 is 5.97 Å². The summed E-state index contributed by atoms with van der Waals surface area (Å²) in [5.41, 5.74) is 0.622. The zero-order chi connectivity index (χ0) is 20.0. The maximum absolute atomic E-state index is 11.4. The topological polar surface area (TPSA) is 87.0 Å². The Labute approximate surface area is 162 Å². The van der Waals surface area contributed by atoms with E-state index in [0.29, 0.717) is 11.8 Å². The van der Waals surface area contributed by atoms with Gasteiger partial charge in [0.1, 0.15) is 6.61 Å². The average molecular weight is 381 g/mol. The molecule has 0 radical (unpaired) electrons. The Hall–Kier alpha value is -0.910. The molecule has 7 atom stereocenters. The summed E-state index contributed by atoms with van der Waals surface area (Å²) in [6.45, 7) is 7.96. The molecule has 0 aliphatic heterocycles. The van der Waals surface area contributed by atoms with Gasteiger partial charge in [-0.1, -0.05) is 32.4 Å². The smallest absolute Gasteiger partial charge is 0.302 e. The quantitative estimate of drug-likeness (QED) is 0.516. The van der Waals surface area contributed by atoms with E-state index in [1.165, 1.54) is 12.5 Å². The minimum atomic E-state index is -0.671. The normalized spacial score (nSPS) is 45.3. The van der Waals surface area contributed by atoms with Crippen molar-refractivity contribution in [2.45, 2.75) is 78.4 Å². The van der Waals surface area contributed by atoms with E-state index in [0.717, 1.165) is 38.5 Å².